The first kappa shape index (κ1) is 19.4. The molecule has 138 valence electrons. The first-order chi connectivity index (χ1) is 11.7. The lowest BCUT2D eigenvalue weighted by atomic mass is 10.1. The molecule has 0 unspecified atom stereocenters. The minimum absolute atomic E-state index is 0.0360. The van der Waals surface area contributed by atoms with E-state index in [0.717, 1.165) is 5.56 Å². The number of hydrogen-bond acceptors (Lipinski definition) is 5. The van der Waals surface area contributed by atoms with Gasteiger partial charge in [-0.2, -0.15) is 0 Å². The largest absolute Gasteiger partial charge is 0.374 e. The van der Waals surface area contributed by atoms with Gasteiger partial charge >= 0.3 is 0 Å². The lowest BCUT2D eigenvalue weighted by Gasteiger charge is -2.11. The molecule has 25 heavy (non-hydrogen) atoms. The minimum atomic E-state index is -3.01. The SMILES string of the molecule is CC(C)OCc1ccc(C(=O)NNC(=O)C[C@H]2CCS(=O)(=O)C2)cc1. The summed E-state index contributed by atoms with van der Waals surface area (Å²) in [5.74, 6) is -0.832. The second kappa shape index (κ2) is 8.44. The van der Waals surface area contributed by atoms with Gasteiger partial charge in [-0.1, -0.05) is 12.1 Å². The molecular weight excluding hydrogens is 344 g/mol. The Morgan fingerprint density at radius 1 is 1.20 bits per heavy atom. The number of hydrogen-bond donors (Lipinski definition) is 2. The van der Waals surface area contributed by atoms with Crippen molar-refractivity contribution < 1.29 is 22.7 Å². The summed E-state index contributed by atoms with van der Waals surface area (Å²) in [6.45, 7) is 4.37. The molecule has 1 aliphatic heterocycles. The highest BCUT2D eigenvalue weighted by molar-refractivity contribution is 7.91. The average Bonchev–Trinajstić information content (AvgIpc) is 2.89. The highest BCUT2D eigenvalue weighted by Crippen LogP contribution is 2.21. The van der Waals surface area contributed by atoms with Gasteiger partial charge in [0.1, 0.15) is 0 Å². The van der Waals surface area contributed by atoms with Crippen molar-refractivity contribution >= 4 is 21.7 Å². The van der Waals surface area contributed by atoms with Gasteiger partial charge in [-0.05, 0) is 43.9 Å². The molecule has 0 radical (unpaired) electrons. The van der Waals surface area contributed by atoms with E-state index in [-0.39, 0.29) is 29.9 Å². The molecule has 0 saturated carbocycles. The van der Waals surface area contributed by atoms with Crippen LogP contribution in [0.4, 0.5) is 0 Å². The molecule has 1 heterocycles. The molecule has 8 heteroatoms. The van der Waals surface area contributed by atoms with Crippen LogP contribution in [0.1, 0.15) is 42.6 Å². The van der Waals surface area contributed by atoms with Crippen LogP contribution in [0, 0.1) is 5.92 Å². The third-order valence-electron chi connectivity index (χ3n) is 3.92. The molecule has 1 saturated heterocycles. The summed E-state index contributed by atoms with van der Waals surface area (Å²) in [5.41, 5.74) is 6.05. The van der Waals surface area contributed by atoms with E-state index < -0.39 is 21.7 Å². The van der Waals surface area contributed by atoms with Crippen molar-refractivity contribution in [2.24, 2.45) is 5.92 Å². The normalized spacial score (nSPS) is 18.9. The summed E-state index contributed by atoms with van der Waals surface area (Å²) >= 11 is 0. The van der Waals surface area contributed by atoms with E-state index in [1.165, 1.54) is 0 Å². The molecule has 0 spiro atoms. The van der Waals surface area contributed by atoms with Crippen LogP contribution in [0.3, 0.4) is 0 Å². The summed E-state index contributed by atoms with van der Waals surface area (Å²) in [7, 11) is -3.01. The molecule has 1 aromatic rings. The number of amides is 2. The number of nitrogens with one attached hydrogen (secondary N) is 2. The predicted octanol–water partition coefficient (Wildman–Crippen LogP) is 1.20. The Balaban J connectivity index is 1.77. The molecule has 0 bridgehead atoms. The second-order valence-corrected chi connectivity index (χ2v) is 8.76. The third-order valence-corrected chi connectivity index (χ3v) is 5.75. The lowest BCUT2D eigenvalue weighted by Crippen LogP contribution is -2.42. The second-order valence-electron chi connectivity index (χ2n) is 6.53. The van der Waals surface area contributed by atoms with E-state index >= 15 is 0 Å². The number of ether oxygens (including phenoxy) is 1. The van der Waals surface area contributed by atoms with Crippen LogP contribution in [0.15, 0.2) is 24.3 Å². The van der Waals surface area contributed by atoms with Gasteiger partial charge < -0.3 is 4.74 Å². The van der Waals surface area contributed by atoms with E-state index in [1.807, 2.05) is 13.8 Å². The molecule has 1 aliphatic rings. The highest BCUT2D eigenvalue weighted by atomic mass is 32.2. The van der Waals surface area contributed by atoms with Crippen molar-refractivity contribution in [3.05, 3.63) is 35.4 Å². The first-order valence-corrected chi connectivity index (χ1v) is 10.1. The Morgan fingerprint density at radius 2 is 1.88 bits per heavy atom. The zero-order valence-electron chi connectivity index (χ0n) is 14.4. The number of benzene rings is 1. The Bertz CT molecular complexity index is 713. The van der Waals surface area contributed by atoms with Crippen molar-refractivity contribution in [1.29, 1.82) is 0 Å². The van der Waals surface area contributed by atoms with Crippen LogP contribution < -0.4 is 10.9 Å². The minimum Gasteiger partial charge on any atom is -0.374 e. The van der Waals surface area contributed by atoms with Crippen LogP contribution in [-0.2, 0) is 26.0 Å². The summed E-state index contributed by atoms with van der Waals surface area (Å²) < 4.78 is 28.2. The van der Waals surface area contributed by atoms with Gasteiger partial charge in [0.2, 0.25) is 5.91 Å². The zero-order valence-corrected chi connectivity index (χ0v) is 15.3. The van der Waals surface area contributed by atoms with Crippen LogP contribution in [0.25, 0.3) is 0 Å². The van der Waals surface area contributed by atoms with Crippen molar-refractivity contribution in [3.63, 3.8) is 0 Å². The van der Waals surface area contributed by atoms with Crippen molar-refractivity contribution in [3.8, 4) is 0 Å². The molecular formula is C17H24N2O5S. The third kappa shape index (κ3) is 6.47. The Hall–Kier alpha value is -1.93. The summed E-state index contributed by atoms with van der Waals surface area (Å²) in [5, 5.41) is 0. The predicted molar refractivity (Wildman–Crippen MR) is 93.4 cm³/mol. The van der Waals surface area contributed by atoms with Gasteiger partial charge in [0.25, 0.3) is 5.91 Å². The Kier molecular flexibility index (Phi) is 6.55. The molecule has 1 fully saturated rings. The maximum atomic E-state index is 12.0. The number of rotatable bonds is 6. The van der Waals surface area contributed by atoms with Crippen LogP contribution in [0.5, 0.6) is 0 Å². The standard InChI is InChI=1S/C17H24N2O5S/c1-12(2)24-10-13-3-5-15(6-4-13)17(21)19-18-16(20)9-14-7-8-25(22,23)11-14/h3-6,12,14H,7-11H2,1-2H3,(H,18,20)(H,19,21)/t14-/m1/s1. The molecule has 2 rings (SSSR count). The number of carbonyl (C=O) groups excluding carboxylic acids is 2. The maximum Gasteiger partial charge on any atom is 0.269 e. The molecule has 2 N–H and O–H groups in total. The molecule has 0 aromatic heterocycles. The summed E-state index contributed by atoms with van der Waals surface area (Å²) in [6, 6.07) is 6.90. The summed E-state index contributed by atoms with van der Waals surface area (Å²) in [4.78, 5) is 23.8. The zero-order chi connectivity index (χ0) is 18.4. The highest BCUT2D eigenvalue weighted by Gasteiger charge is 2.29. The van der Waals surface area contributed by atoms with E-state index in [1.54, 1.807) is 24.3 Å². The Labute approximate surface area is 148 Å². The van der Waals surface area contributed by atoms with E-state index in [0.29, 0.717) is 18.6 Å². The maximum absolute atomic E-state index is 12.0. The van der Waals surface area contributed by atoms with E-state index in [4.69, 9.17) is 4.74 Å². The molecule has 2 amide bonds. The van der Waals surface area contributed by atoms with Gasteiger partial charge in [0.15, 0.2) is 9.84 Å². The fourth-order valence-electron chi connectivity index (χ4n) is 2.56. The quantitative estimate of drug-likeness (QED) is 0.735. The smallest absolute Gasteiger partial charge is 0.269 e. The average molecular weight is 368 g/mol. The first-order valence-electron chi connectivity index (χ1n) is 8.25. The van der Waals surface area contributed by atoms with Gasteiger partial charge in [-0.25, -0.2) is 8.42 Å². The number of sulfone groups is 1. The fourth-order valence-corrected chi connectivity index (χ4v) is 4.42. The van der Waals surface area contributed by atoms with Gasteiger partial charge in [0.05, 0.1) is 24.2 Å². The van der Waals surface area contributed by atoms with Gasteiger partial charge in [-0.3, -0.25) is 20.4 Å². The molecule has 0 aliphatic carbocycles. The van der Waals surface area contributed by atoms with Crippen molar-refractivity contribution in [2.45, 2.75) is 39.4 Å². The lowest BCUT2D eigenvalue weighted by molar-refractivity contribution is -0.122. The molecule has 1 aromatic carbocycles. The van der Waals surface area contributed by atoms with E-state index in [2.05, 4.69) is 10.9 Å². The van der Waals surface area contributed by atoms with Crippen LogP contribution >= 0.6 is 0 Å². The number of hydrazine groups is 1. The van der Waals surface area contributed by atoms with Crippen molar-refractivity contribution in [2.75, 3.05) is 11.5 Å². The molecule has 7 nitrogen and oxygen atoms in total. The Morgan fingerprint density at radius 3 is 2.44 bits per heavy atom. The fraction of sp³-hybridized carbons (Fsp3) is 0.529. The van der Waals surface area contributed by atoms with Gasteiger partial charge in [-0.15, -0.1) is 0 Å². The molecule has 1 atom stereocenters. The van der Waals surface area contributed by atoms with Gasteiger partial charge in [0, 0.05) is 12.0 Å². The monoisotopic (exact) mass is 368 g/mol. The van der Waals surface area contributed by atoms with E-state index in [9.17, 15) is 18.0 Å². The number of carbonyl (C=O) groups is 2. The summed E-state index contributed by atoms with van der Waals surface area (Å²) in [6.07, 6.45) is 0.710. The van der Waals surface area contributed by atoms with Crippen LogP contribution in [0.2, 0.25) is 0 Å². The topological polar surface area (TPSA) is 102 Å². The van der Waals surface area contributed by atoms with Crippen LogP contribution in [-0.4, -0.2) is 37.8 Å². The van der Waals surface area contributed by atoms with Crippen molar-refractivity contribution in [1.82, 2.24) is 10.9 Å².